The fourth-order valence-corrected chi connectivity index (χ4v) is 7.16. The molecule has 8 heteroatoms. The predicted octanol–water partition coefficient (Wildman–Crippen LogP) is 4.98. The summed E-state index contributed by atoms with van der Waals surface area (Å²) < 4.78 is 15.0. The zero-order valence-corrected chi connectivity index (χ0v) is 21.2. The molecular weight excluding hydrogens is 461 g/mol. The summed E-state index contributed by atoms with van der Waals surface area (Å²) in [6.45, 7) is 3.17. The molecule has 186 valence electrons. The highest BCUT2D eigenvalue weighted by Crippen LogP contribution is 2.42. The van der Waals surface area contributed by atoms with Crippen molar-refractivity contribution in [2.75, 3.05) is 13.1 Å². The van der Waals surface area contributed by atoms with Crippen LogP contribution in [0.15, 0.2) is 24.4 Å². The fourth-order valence-electron chi connectivity index (χ4n) is 5.97. The van der Waals surface area contributed by atoms with Crippen LogP contribution in [0.2, 0.25) is 0 Å². The molecule has 3 aromatic rings. The smallest absolute Gasteiger partial charge is 0.252 e. The van der Waals surface area contributed by atoms with Gasteiger partial charge in [-0.3, -0.25) is 14.4 Å². The lowest BCUT2D eigenvalue weighted by molar-refractivity contribution is 0.0921. The number of hydrogen-bond acceptors (Lipinski definition) is 5. The first kappa shape index (κ1) is 23.1. The molecule has 0 bridgehead atoms. The van der Waals surface area contributed by atoms with Crippen LogP contribution in [-0.4, -0.2) is 50.9 Å². The maximum atomic E-state index is 13.2. The van der Waals surface area contributed by atoms with Crippen LogP contribution in [0.1, 0.15) is 76.8 Å². The zero-order chi connectivity index (χ0) is 23.9. The van der Waals surface area contributed by atoms with Gasteiger partial charge in [-0.1, -0.05) is 6.07 Å². The lowest BCUT2D eigenvalue weighted by Crippen LogP contribution is -2.38. The van der Waals surface area contributed by atoms with Crippen molar-refractivity contribution in [1.29, 1.82) is 0 Å². The van der Waals surface area contributed by atoms with Gasteiger partial charge in [-0.15, -0.1) is 11.3 Å². The first-order valence-corrected chi connectivity index (χ1v) is 13.9. The Bertz CT molecular complexity index is 1210. The Morgan fingerprint density at radius 2 is 2.06 bits per heavy atom. The van der Waals surface area contributed by atoms with Crippen molar-refractivity contribution >= 4 is 28.1 Å². The van der Waals surface area contributed by atoms with Gasteiger partial charge in [-0.05, 0) is 76.0 Å². The van der Waals surface area contributed by atoms with Gasteiger partial charge in [0.15, 0.2) is 0 Å². The Labute approximate surface area is 209 Å². The van der Waals surface area contributed by atoms with Crippen LogP contribution in [-0.2, 0) is 20.0 Å². The monoisotopic (exact) mass is 495 g/mol. The minimum Gasteiger partial charge on any atom is -0.349 e. The van der Waals surface area contributed by atoms with Gasteiger partial charge in [0.05, 0.1) is 21.8 Å². The van der Waals surface area contributed by atoms with Crippen molar-refractivity contribution in [3.63, 3.8) is 0 Å². The number of halogens is 1. The maximum absolute atomic E-state index is 13.2. The Balaban J connectivity index is 0.962. The van der Waals surface area contributed by atoms with E-state index in [2.05, 4.69) is 15.3 Å². The van der Waals surface area contributed by atoms with Gasteiger partial charge in [-0.2, -0.15) is 5.10 Å². The number of nitrogens with one attached hydrogen (secondary N) is 1. The van der Waals surface area contributed by atoms with Crippen molar-refractivity contribution in [3.8, 4) is 0 Å². The number of carbonyl (C=O) groups excluding carboxylic acids is 1. The number of hydrogen-bond donors (Lipinski definition) is 1. The van der Waals surface area contributed by atoms with Crippen LogP contribution in [0, 0.1) is 5.92 Å². The number of aryl methyl sites for hydroxylation is 1. The number of fused-ring (bicyclic) bond motifs is 2. The molecule has 2 saturated carbocycles. The van der Waals surface area contributed by atoms with E-state index in [9.17, 15) is 9.18 Å². The topological polar surface area (TPSA) is 63.1 Å². The lowest BCUT2D eigenvalue weighted by Gasteiger charge is -2.32. The van der Waals surface area contributed by atoms with Crippen molar-refractivity contribution in [1.82, 2.24) is 25.0 Å². The summed E-state index contributed by atoms with van der Waals surface area (Å²) in [6.07, 6.45) is 9.39. The number of nitrogens with zero attached hydrogens (tertiary/aromatic N) is 4. The minimum absolute atomic E-state index is 0.0164. The van der Waals surface area contributed by atoms with Gasteiger partial charge in [-0.25, -0.2) is 9.37 Å². The Morgan fingerprint density at radius 3 is 2.86 bits per heavy atom. The summed E-state index contributed by atoms with van der Waals surface area (Å²) in [6, 6.07) is 6.00. The average Bonchev–Trinajstić information content (AvgIpc) is 3.43. The quantitative estimate of drug-likeness (QED) is 0.524. The van der Waals surface area contributed by atoms with Crippen LogP contribution in [0.5, 0.6) is 0 Å². The largest absolute Gasteiger partial charge is 0.349 e. The maximum Gasteiger partial charge on any atom is 0.252 e. The summed E-state index contributed by atoms with van der Waals surface area (Å²) in [5.41, 5.74) is 2.82. The predicted molar refractivity (Wildman–Crippen MR) is 137 cm³/mol. The molecule has 0 saturated heterocycles. The summed E-state index contributed by atoms with van der Waals surface area (Å²) in [7, 11) is 1.89. The van der Waals surface area contributed by atoms with Crippen molar-refractivity contribution in [3.05, 3.63) is 45.5 Å². The second kappa shape index (κ2) is 9.62. The van der Waals surface area contributed by atoms with Crippen molar-refractivity contribution < 1.29 is 9.18 Å². The van der Waals surface area contributed by atoms with E-state index < -0.39 is 6.17 Å². The van der Waals surface area contributed by atoms with Gasteiger partial charge in [0, 0.05) is 48.6 Å². The van der Waals surface area contributed by atoms with E-state index in [1.807, 2.05) is 42.8 Å². The van der Waals surface area contributed by atoms with Gasteiger partial charge in [0.1, 0.15) is 6.17 Å². The molecule has 1 amide bonds. The summed E-state index contributed by atoms with van der Waals surface area (Å²) in [5.74, 6) is 1.11. The molecule has 6 nitrogen and oxygen atoms in total. The van der Waals surface area contributed by atoms with E-state index in [4.69, 9.17) is 4.98 Å². The molecule has 0 atom stereocenters. The molecule has 6 rings (SSSR count). The number of benzene rings is 1. The minimum atomic E-state index is -0.614. The molecular formula is C27H34FN5OS. The Hall–Kier alpha value is -2.32. The number of thiazole rings is 1. The Morgan fingerprint density at radius 1 is 1.23 bits per heavy atom. The molecule has 0 spiro atoms. The second-order valence-corrected chi connectivity index (χ2v) is 11.8. The van der Waals surface area contributed by atoms with E-state index in [1.165, 1.54) is 34.8 Å². The number of rotatable bonds is 6. The molecule has 35 heavy (non-hydrogen) atoms. The van der Waals surface area contributed by atoms with E-state index in [-0.39, 0.29) is 11.9 Å². The molecule has 0 unspecified atom stereocenters. The van der Waals surface area contributed by atoms with Gasteiger partial charge < -0.3 is 5.32 Å². The normalized spacial score (nSPS) is 26.9. The van der Waals surface area contributed by atoms with Crippen LogP contribution in [0.4, 0.5) is 4.39 Å². The van der Waals surface area contributed by atoms with E-state index >= 15 is 0 Å². The van der Waals surface area contributed by atoms with Crippen molar-refractivity contribution in [2.45, 2.75) is 76.0 Å². The number of amides is 1. The SMILES string of the molecule is Cn1cc2c(C(=O)NC3CCC(CCN4CCc5sc(C6CC(F)C6)nc5C4)CC3)cccc2n1. The summed E-state index contributed by atoms with van der Waals surface area (Å²) >= 11 is 1.83. The summed E-state index contributed by atoms with van der Waals surface area (Å²) in [5, 5.41) is 9.78. The highest BCUT2D eigenvalue weighted by molar-refractivity contribution is 7.11. The third-order valence-corrected chi connectivity index (χ3v) is 9.52. The molecule has 1 N–H and O–H groups in total. The number of aromatic nitrogens is 3. The second-order valence-electron chi connectivity index (χ2n) is 10.7. The Kier molecular flexibility index (Phi) is 6.35. The number of alkyl halides is 1. The molecule has 2 aromatic heterocycles. The molecule has 1 aliphatic heterocycles. The zero-order valence-electron chi connectivity index (χ0n) is 20.4. The van der Waals surface area contributed by atoms with Crippen LogP contribution in [0.25, 0.3) is 10.9 Å². The van der Waals surface area contributed by atoms with E-state index in [1.54, 1.807) is 4.68 Å². The number of carbonyl (C=O) groups is 1. The van der Waals surface area contributed by atoms with E-state index in [0.29, 0.717) is 24.3 Å². The first-order valence-electron chi connectivity index (χ1n) is 13.1. The lowest BCUT2D eigenvalue weighted by atomic mass is 9.84. The van der Waals surface area contributed by atoms with Gasteiger partial charge >= 0.3 is 0 Å². The molecule has 2 fully saturated rings. The molecule has 0 radical (unpaired) electrons. The summed E-state index contributed by atoms with van der Waals surface area (Å²) in [4.78, 5) is 21.8. The first-order chi connectivity index (χ1) is 17.0. The fraction of sp³-hybridized carbons (Fsp3) is 0.593. The molecule has 2 aliphatic carbocycles. The third kappa shape index (κ3) is 4.87. The van der Waals surface area contributed by atoms with Crippen LogP contribution in [0.3, 0.4) is 0 Å². The average molecular weight is 496 g/mol. The highest BCUT2D eigenvalue weighted by atomic mass is 32.1. The van der Waals surface area contributed by atoms with Gasteiger partial charge in [0.2, 0.25) is 0 Å². The van der Waals surface area contributed by atoms with Gasteiger partial charge in [0.25, 0.3) is 5.91 Å². The highest BCUT2D eigenvalue weighted by Gasteiger charge is 2.34. The third-order valence-electron chi connectivity index (χ3n) is 8.20. The molecule has 1 aromatic carbocycles. The van der Waals surface area contributed by atoms with Crippen LogP contribution < -0.4 is 5.32 Å². The van der Waals surface area contributed by atoms with Crippen molar-refractivity contribution in [2.24, 2.45) is 13.0 Å². The standard InChI is InChI=1S/C27H34FN5OS/c1-32-15-22-21(3-2-4-23(22)31-32)26(34)29-20-7-5-17(6-8-20)9-11-33-12-10-25-24(16-33)30-27(35-25)18-13-19(28)14-18/h2-4,15,17-20H,5-14,16H2,1H3,(H,29,34). The molecule has 3 heterocycles. The van der Waals surface area contributed by atoms with E-state index in [0.717, 1.165) is 55.7 Å². The molecule has 3 aliphatic rings. The van der Waals surface area contributed by atoms with Crippen LogP contribution >= 0.6 is 11.3 Å².